The summed E-state index contributed by atoms with van der Waals surface area (Å²) in [6.45, 7) is 3.10. The molecule has 1 aromatic heterocycles. The first kappa shape index (κ1) is 10.9. The van der Waals surface area contributed by atoms with E-state index in [4.69, 9.17) is 5.26 Å². The zero-order chi connectivity index (χ0) is 11.2. The molecule has 0 aromatic carbocycles. The monoisotopic (exact) mass is 216 g/mol. The first-order chi connectivity index (χ1) is 7.90. The van der Waals surface area contributed by atoms with Crippen molar-refractivity contribution >= 4 is 5.82 Å². The Morgan fingerprint density at radius 1 is 1.50 bits per heavy atom. The maximum atomic E-state index is 8.92. The van der Waals surface area contributed by atoms with Crippen LogP contribution in [0.2, 0.25) is 0 Å². The van der Waals surface area contributed by atoms with Gasteiger partial charge in [0.25, 0.3) is 0 Å². The molecule has 2 rings (SSSR count). The van der Waals surface area contributed by atoms with Crippen molar-refractivity contribution in [3.8, 4) is 6.07 Å². The molecule has 1 aromatic rings. The van der Waals surface area contributed by atoms with Crippen molar-refractivity contribution in [3.63, 3.8) is 0 Å². The van der Waals surface area contributed by atoms with Gasteiger partial charge in [0.1, 0.15) is 11.9 Å². The van der Waals surface area contributed by atoms with Crippen LogP contribution in [0.3, 0.4) is 0 Å². The second-order valence-corrected chi connectivity index (χ2v) is 4.09. The number of nitrogens with one attached hydrogen (secondary N) is 2. The van der Waals surface area contributed by atoms with E-state index in [-0.39, 0.29) is 0 Å². The molecule has 0 saturated carbocycles. The van der Waals surface area contributed by atoms with E-state index in [9.17, 15) is 0 Å². The van der Waals surface area contributed by atoms with Crippen LogP contribution in [-0.4, -0.2) is 24.6 Å². The lowest BCUT2D eigenvalue weighted by Gasteiger charge is -2.23. The minimum atomic E-state index is 0.622. The average molecular weight is 216 g/mol. The summed E-state index contributed by atoms with van der Waals surface area (Å²) in [4.78, 5) is 4.18. The molecule has 0 bridgehead atoms. The largest absolute Gasteiger partial charge is 0.369 e. The number of nitriles is 1. The summed E-state index contributed by atoms with van der Waals surface area (Å²) in [6, 6.07) is 5.72. The third-order valence-electron chi connectivity index (χ3n) is 2.95. The molecular formula is C12H16N4. The predicted molar refractivity (Wildman–Crippen MR) is 63.0 cm³/mol. The number of anilines is 1. The topological polar surface area (TPSA) is 60.7 Å². The highest BCUT2D eigenvalue weighted by Crippen LogP contribution is 2.14. The van der Waals surface area contributed by atoms with Crippen LogP contribution in [0.1, 0.15) is 18.4 Å². The Hall–Kier alpha value is -1.60. The molecule has 4 nitrogen and oxygen atoms in total. The molecule has 84 valence electrons. The summed E-state index contributed by atoms with van der Waals surface area (Å²) in [5.41, 5.74) is 0.622. The van der Waals surface area contributed by atoms with Crippen molar-refractivity contribution in [1.82, 2.24) is 10.3 Å². The molecular weight excluding hydrogens is 200 g/mol. The third kappa shape index (κ3) is 2.71. The average Bonchev–Trinajstić information content (AvgIpc) is 2.38. The highest BCUT2D eigenvalue weighted by molar-refractivity contribution is 5.51. The quantitative estimate of drug-likeness (QED) is 0.801. The van der Waals surface area contributed by atoms with E-state index in [1.165, 1.54) is 12.8 Å². The SMILES string of the molecule is N#Cc1cccnc1NCC1CCNCC1. The standard InChI is InChI=1S/C12H16N4/c13-8-11-2-1-5-15-12(11)16-9-10-3-6-14-7-4-10/h1-2,5,10,14H,3-4,6-7,9H2,(H,15,16). The second-order valence-electron chi connectivity index (χ2n) is 4.09. The molecule has 0 aliphatic carbocycles. The normalized spacial score (nSPS) is 16.7. The number of pyridine rings is 1. The number of hydrogen-bond acceptors (Lipinski definition) is 4. The Kier molecular flexibility index (Phi) is 3.73. The van der Waals surface area contributed by atoms with E-state index in [2.05, 4.69) is 21.7 Å². The number of piperidine rings is 1. The van der Waals surface area contributed by atoms with Crippen molar-refractivity contribution in [2.45, 2.75) is 12.8 Å². The summed E-state index contributed by atoms with van der Waals surface area (Å²) < 4.78 is 0. The number of aromatic nitrogens is 1. The molecule has 1 saturated heterocycles. The molecule has 1 aliphatic rings. The minimum Gasteiger partial charge on any atom is -0.369 e. The van der Waals surface area contributed by atoms with Crippen molar-refractivity contribution in [2.75, 3.05) is 25.0 Å². The summed E-state index contributed by atoms with van der Waals surface area (Å²) in [5, 5.41) is 15.5. The fourth-order valence-corrected chi connectivity index (χ4v) is 1.96. The zero-order valence-electron chi connectivity index (χ0n) is 9.24. The summed E-state index contributed by atoms with van der Waals surface area (Å²) in [7, 11) is 0. The lowest BCUT2D eigenvalue weighted by Crippen LogP contribution is -2.31. The van der Waals surface area contributed by atoms with Gasteiger partial charge in [-0.15, -0.1) is 0 Å². The Morgan fingerprint density at radius 3 is 3.06 bits per heavy atom. The van der Waals surface area contributed by atoms with Gasteiger partial charge in [-0.3, -0.25) is 0 Å². The minimum absolute atomic E-state index is 0.622. The van der Waals surface area contributed by atoms with Crippen molar-refractivity contribution in [1.29, 1.82) is 5.26 Å². The van der Waals surface area contributed by atoms with E-state index < -0.39 is 0 Å². The van der Waals surface area contributed by atoms with Crippen LogP contribution in [0.15, 0.2) is 18.3 Å². The highest BCUT2D eigenvalue weighted by atomic mass is 15.0. The third-order valence-corrected chi connectivity index (χ3v) is 2.95. The Labute approximate surface area is 95.7 Å². The highest BCUT2D eigenvalue weighted by Gasteiger charge is 2.13. The molecule has 2 N–H and O–H groups in total. The van der Waals surface area contributed by atoms with Gasteiger partial charge >= 0.3 is 0 Å². The van der Waals surface area contributed by atoms with Gasteiger partial charge in [-0.25, -0.2) is 4.98 Å². The van der Waals surface area contributed by atoms with Crippen LogP contribution < -0.4 is 10.6 Å². The first-order valence-corrected chi connectivity index (χ1v) is 5.70. The lowest BCUT2D eigenvalue weighted by molar-refractivity contribution is 0.389. The van der Waals surface area contributed by atoms with Gasteiger partial charge in [-0.05, 0) is 44.0 Å². The summed E-state index contributed by atoms with van der Waals surface area (Å²) in [5.74, 6) is 1.40. The molecule has 1 fully saturated rings. The van der Waals surface area contributed by atoms with Crippen LogP contribution in [0.4, 0.5) is 5.82 Å². The molecule has 0 amide bonds. The fraction of sp³-hybridized carbons (Fsp3) is 0.500. The van der Waals surface area contributed by atoms with Crippen LogP contribution in [-0.2, 0) is 0 Å². The number of nitrogens with zero attached hydrogens (tertiary/aromatic N) is 2. The Balaban J connectivity index is 1.91. The van der Waals surface area contributed by atoms with Crippen molar-refractivity contribution in [3.05, 3.63) is 23.9 Å². The van der Waals surface area contributed by atoms with Crippen LogP contribution >= 0.6 is 0 Å². The maximum absolute atomic E-state index is 8.92. The van der Waals surface area contributed by atoms with Gasteiger partial charge in [-0.2, -0.15) is 5.26 Å². The molecule has 0 spiro atoms. The van der Waals surface area contributed by atoms with Crippen molar-refractivity contribution < 1.29 is 0 Å². The van der Waals surface area contributed by atoms with E-state index >= 15 is 0 Å². The van der Waals surface area contributed by atoms with E-state index in [1.54, 1.807) is 18.3 Å². The molecule has 0 atom stereocenters. The molecule has 16 heavy (non-hydrogen) atoms. The Morgan fingerprint density at radius 2 is 2.31 bits per heavy atom. The first-order valence-electron chi connectivity index (χ1n) is 5.70. The van der Waals surface area contributed by atoms with Gasteiger partial charge in [0, 0.05) is 12.7 Å². The molecule has 0 radical (unpaired) electrons. The predicted octanol–water partition coefficient (Wildman–Crippen LogP) is 1.36. The van der Waals surface area contributed by atoms with Gasteiger partial charge in [0.2, 0.25) is 0 Å². The molecule has 4 heteroatoms. The summed E-state index contributed by atoms with van der Waals surface area (Å²) >= 11 is 0. The maximum Gasteiger partial charge on any atom is 0.143 e. The van der Waals surface area contributed by atoms with Gasteiger partial charge < -0.3 is 10.6 Å². The van der Waals surface area contributed by atoms with Gasteiger partial charge in [0.05, 0.1) is 5.56 Å². The van der Waals surface area contributed by atoms with Crippen molar-refractivity contribution in [2.24, 2.45) is 5.92 Å². The van der Waals surface area contributed by atoms with E-state index in [1.807, 2.05) is 0 Å². The molecule has 1 aliphatic heterocycles. The summed E-state index contributed by atoms with van der Waals surface area (Å²) in [6.07, 6.45) is 4.11. The van der Waals surface area contributed by atoms with E-state index in [0.717, 1.165) is 19.6 Å². The van der Waals surface area contributed by atoms with Gasteiger partial charge in [0.15, 0.2) is 0 Å². The van der Waals surface area contributed by atoms with Gasteiger partial charge in [-0.1, -0.05) is 0 Å². The second kappa shape index (κ2) is 5.47. The Bertz CT molecular complexity index is 377. The van der Waals surface area contributed by atoms with Crippen LogP contribution in [0.25, 0.3) is 0 Å². The van der Waals surface area contributed by atoms with E-state index in [0.29, 0.717) is 17.3 Å². The smallest absolute Gasteiger partial charge is 0.143 e. The zero-order valence-corrected chi connectivity index (χ0v) is 9.24. The number of hydrogen-bond donors (Lipinski definition) is 2. The van der Waals surface area contributed by atoms with Crippen LogP contribution in [0.5, 0.6) is 0 Å². The fourth-order valence-electron chi connectivity index (χ4n) is 1.96. The van der Waals surface area contributed by atoms with Crippen LogP contribution in [0, 0.1) is 17.2 Å². The number of rotatable bonds is 3. The molecule has 2 heterocycles. The molecule has 0 unspecified atom stereocenters. The lowest BCUT2D eigenvalue weighted by atomic mass is 9.98.